The summed E-state index contributed by atoms with van der Waals surface area (Å²) < 4.78 is 26.7. The van der Waals surface area contributed by atoms with Crippen molar-refractivity contribution >= 4 is 15.7 Å². The van der Waals surface area contributed by atoms with Crippen molar-refractivity contribution in [1.29, 1.82) is 0 Å². The molecule has 1 aromatic carbocycles. The molecule has 1 saturated heterocycles. The molecule has 1 aromatic rings. The SMILES string of the molecule is CCN(CC)S(=O)(=O)c1ccc(C)c(N2CCCC2)c1. The number of hydrogen-bond acceptors (Lipinski definition) is 3. The molecule has 0 radical (unpaired) electrons. The van der Waals surface area contributed by atoms with E-state index in [4.69, 9.17) is 0 Å². The van der Waals surface area contributed by atoms with Gasteiger partial charge in [0.2, 0.25) is 10.0 Å². The van der Waals surface area contributed by atoms with Gasteiger partial charge in [0, 0.05) is 31.9 Å². The molecule has 0 bridgehead atoms. The van der Waals surface area contributed by atoms with Crippen LogP contribution in [0, 0.1) is 6.92 Å². The maximum Gasteiger partial charge on any atom is 0.243 e. The number of nitrogens with zero attached hydrogens (tertiary/aromatic N) is 2. The fourth-order valence-corrected chi connectivity index (χ4v) is 4.24. The van der Waals surface area contributed by atoms with E-state index in [0.29, 0.717) is 18.0 Å². The second-order valence-electron chi connectivity index (χ2n) is 5.23. The predicted octanol–water partition coefficient (Wildman–Crippen LogP) is 2.63. The quantitative estimate of drug-likeness (QED) is 0.838. The maximum absolute atomic E-state index is 12.6. The summed E-state index contributed by atoms with van der Waals surface area (Å²) in [6.45, 7) is 8.84. The molecule has 0 saturated carbocycles. The second-order valence-corrected chi connectivity index (χ2v) is 7.17. The molecular formula is C15H24N2O2S. The van der Waals surface area contributed by atoms with Crippen LogP contribution in [0.5, 0.6) is 0 Å². The van der Waals surface area contributed by atoms with E-state index in [1.807, 2.05) is 32.9 Å². The number of rotatable bonds is 5. The largest absolute Gasteiger partial charge is 0.371 e. The Balaban J connectivity index is 2.40. The lowest BCUT2D eigenvalue weighted by Gasteiger charge is -2.23. The molecule has 1 heterocycles. The van der Waals surface area contributed by atoms with Crippen LogP contribution in [0.3, 0.4) is 0 Å². The maximum atomic E-state index is 12.6. The van der Waals surface area contributed by atoms with Gasteiger partial charge in [0.25, 0.3) is 0 Å². The summed E-state index contributed by atoms with van der Waals surface area (Å²) in [5, 5.41) is 0. The Morgan fingerprint density at radius 3 is 2.30 bits per heavy atom. The zero-order valence-corrected chi connectivity index (χ0v) is 13.4. The minimum absolute atomic E-state index is 0.411. The third-order valence-electron chi connectivity index (χ3n) is 3.97. The van der Waals surface area contributed by atoms with Gasteiger partial charge in [-0.25, -0.2) is 8.42 Å². The highest BCUT2D eigenvalue weighted by Gasteiger charge is 2.23. The standard InChI is InChI=1S/C15H24N2O2S/c1-4-17(5-2)20(18,19)14-9-8-13(3)15(12-14)16-10-6-7-11-16/h8-9,12H,4-7,10-11H2,1-3H3. The van der Waals surface area contributed by atoms with Crippen LogP contribution >= 0.6 is 0 Å². The molecule has 0 atom stereocenters. The van der Waals surface area contributed by atoms with Gasteiger partial charge in [0.1, 0.15) is 0 Å². The lowest BCUT2D eigenvalue weighted by molar-refractivity contribution is 0.445. The van der Waals surface area contributed by atoms with Crippen LogP contribution in [0.25, 0.3) is 0 Å². The van der Waals surface area contributed by atoms with Crippen LogP contribution in [-0.4, -0.2) is 38.9 Å². The average Bonchev–Trinajstić information content (AvgIpc) is 2.94. The molecule has 0 N–H and O–H groups in total. The molecule has 0 unspecified atom stereocenters. The van der Waals surface area contributed by atoms with E-state index in [1.54, 1.807) is 6.07 Å². The van der Waals surface area contributed by atoms with Crippen molar-refractivity contribution in [2.75, 3.05) is 31.1 Å². The Morgan fingerprint density at radius 1 is 1.15 bits per heavy atom. The topological polar surface area (TPSA) is 40.6 Å². The Morgan fingerprint density at radius 2 is 1.75 bits per heavy atom. The van der Waals surface area contributed by atoms with Crippen molar-refractivity contribution in [3.05, 3.63) is 23.8 Å². The third kappa shape index (κ3) is 2.83. The highest BCUT2D eigenvalue weighted by atomic mass is 32.2. The van der Waals surface area contributed by atoms with Gasteiger partial charge in [-0.15, -0.1) is 0 Å². The van der Waals surface area contributed by atoms with E-state index in [0.717, 1.165) is 24.3 Å². The molecule has 0 aliphatic carbocycles. The van der Waals surface area contributed by atoms with E-state index in [2.05, 4.69) is 4.90 Å². The highest BCUT2D eigenvalue weighted by Crippen LogP contribution is 2.28. The molecule has 2 rings (SSSR count). The van der Waals surface area contributed by atoms with E-state index in [1.165, 1.54) is 17.1 Å². The van der Waals surface area contributed by atoms with Crippen molar-refractivity contribution in [2.24, 2.45) is 0 Å². The van der Waals surface area contributed by atoms with Gasteiger partial charge in [0.15, 0.2) is 0 Å². The minimum atomic E-state index is -3.36. The summed E-state index contributed by atoms with van der Waals surface area (Å²) in [6, 6.07) is 5.49. The molecular weight excluding hydrogens is 272 g/mol. The first-order valence-electron chi connectivity index (χ1n) is 7.36. The second kappa shape index (κ2) is 6.14. The summed E-state index contributed by atoms with van der Waals surface area (Å²) in [6.07, 6.45) is 2.37. The first-order valence-corrected chi connectivity index (χ1v) is 8.80. The van der Waals surface area contributed by atoms with E-state index >= 15 is 0 Å². The minimum Gasteiger partial charge on any atom is -0.371 e. The molecule has 1 aliphatic rings. The predicted molar refractivity (Wildman–Crippen MR) is 82.7 cm³/mol. The lowest BCUT2D eigenvalue weighted by Crippen LogP contribution is -2.31. The molecule has 1 aliphatic heterocycles. The number of sulfonamides is 1. The summed E-state index contributed by atoms with van der Waals surface area (Å²) in [5.74, 6) is 0. The molecule has 5 heteroatoms. The molecule has 112 valence electrons. The van der Waals surface area contributed by atoms with Gasteiger partial charge in [-0.2, -0.15) is 4.31 Å². The van der Waals surface area contributed by atoms with Gasteiger partial charge in [-0.3, -0.25) is 0 Å². The lowest BCUT2D eigenvalue weighted by atomic mass is 10.2. The molecule has 20 heavy (non-hydrogen) atoms. The number of aryl methyl sites for hydroxylation is 1. The van der Waals surface area contributed by atoms with Crippen molar-refractivity contribution in [2.45, 2.75) is 38.5 Å². The molecule has 0 amide bonds. The Labute approximate surface area is 122 Å². The number of benzene rings is 1. The van der Waals surface area contributed by atoms with Crippen LogP contribution in [0.1, 0.15) is 32.3 Å². The monoisotopic (exact) mass is 296 g/mol. The van der Waals surface area contributed by atoms with Crippen LogP contribution in [-0.2, 0) is 10.0 Å². The Kier molecular flexibility index (Phi) is 4.70. The normalized spacial score (nSPS) is 16.1. The smallest absolute Gasteiger partial charge is 0.243 e. The van der Waals surface area contributed by atoms with Crippen molar-refractivity contribution < 1.29 is 8.42 Å². The van der Waals surface area contributed by atoms with E-state index in [-0.39, 0.29) is 0 Å². The number of hydrogen-bond donors (Lipinski definition) is 0. The van der Waals surface area contributed by atoms with Gasteiger partial charge < -0.3 is 4.90 Å². The van der Waals surface area contributed by atoms with E-state index < -0.39 is 10.0 Å². The van der Waals surface area contributed by atoms with Gasteiger partial charge in [-0.1, -0.05) is 19.9 Å². The fourth-order valence-electron chi connectivity index (χ4n) is 2.76. The van der Waals surface area contributed by atoms with Crippen LogP contribution in [0.2, 0.25) is 0 Å². The van der Waals surface area contributed by atoms with Crippen LogP contribution in [0.15, 0.2) is 23.1 Å². The zero-order chi connectivity index (χ0) is 14.8. The fraction of sp³-hybridized carbons (Fsp3) is 0.600. The summed E-state index contributed by atoms with van der Waals surface area (Å²) >= 11 is 0. The molecule has 0 aromatic heterocycles. The molecule has 0 spiro atoms. The zero-order valence-electron chi connectivity index (χ0n) is 12.6. The van der Waals surface area contributed by atoms with Crippen molar-refractivity contribution in [3.63, 3.8) is 0 Å². The number of anilines is 1. The van der Waals surface area contributed by atoms with Crippen LogP contribution in [0.4, 0.5) is 5.69 Å². The van der Waals surface area contributed by atoms with Crippen molar-refractivity contribution in [1.82, 2.24) is 4.31 Å². The Hall–Kier alpha value is -1.07. The Bertz CT molecular complexity index is 559. The summed E-state index contributed by atoms with van der Waals surface area (Å²) in [4.78, 5) is 2.70. The first-order chi connectivity index (χ1) is 9.50. The van der Waals surface area contributed by atoms with Gasteiger partial charge in [-0.05, 0) is 37.5 Å². The third-order valence-corrected chi connectivity index (χ3v) is 6.02. The van der Waals surface area contributed by atoms with Crippen molar-refractivity contribution in [3.8, 4) is 0 Å². The van der Waals surface area contributed by atoms with Crippen LogP contribution < -0.4 is 4.90 Å². The molecule has 1 fully saturated rings. The summed E-state index contributed by atoms with van der Waals surface area (Å²) in [7, 11) is -3.36. The summed E-state index contributed by atoms with van der Waals surface area (Å²) in [5.41, 5.74) is 2.21. The first kappa shape index (κ1) is 15.3. The van der Waals surface area contributed by atoms with Gasteiger partial charge >= 0.3 is 0 Å². The van der Waals surface area contributed by atoms with Gasteiger partial charge in [0.05, 0.1) is 4.90 Å². The van der Waals surface area contributed by atoms with E-state index in [9.17, 15) is 8.42 Å². The highest BCUT2D eigenvalue weighted by molar-refractivity contribution is 7.89. The molecule has 4 nitrogen and oxygen atoms in total. The average molecular weight is 296 g/mol.